The zero-order valence-electron chi connectivity index (χ0n) is 9.73. The molecule has 0 aliphatic carbocycles. The normalized spacial score (nSPS) is 14.2. The van der Waals surface area contributed by atoms with E-state index in [0.717, 1.165) is 0 Å². The molecule has 94 valence electrons. The lowest BCUT2D eigenvalue weighted by molar-refractivity contribution is -0.137. The molecule has 2 unspecified atom stereocenters. The fourth-order valence-corrected chi connectivity index (χ4v) is 1.24. The molecule has 0 bridgehead atoms. The summed E-state index contributed by atoms with van der Waals surface area (Å²) < 4.78 is 4.76. The first-order valence-corrected chi connectivity index (χ1v) is 5.24. The Morgan fingerprint density at radius 2 is 2.12 bits per heavy atom. The summed E-state index contributed by atoms with van der Waals surface area (Å²) in [4.78, 5) is 21.7. The van der Waals surface area contributed by atoms with Gasteiger partial charge in [-0.3, -0.25) is 9.59 Å². The Balaban J connectivity index is 3.73. The molecule has 0 fully saturated rings. The molecule has 2 atom stereocenters. The Kier molecular flexibility index (Phi) is 7.49. The molecule has 0 aliphatic heterocycles. The number of nitrogens with two attached hydrogens (primary N) is 1. The third-order valence-electron chi connectivity index (χ3n) is 2.10. The fourth-order valence-electron chi connectivity index (χ4n) is 1.24. The van der Waals surface area contributed by atoms with Crippen molar-refractivity contribution < 1.29 is 19.4 Å². The number of hydrogen-bond acceptors (Lipinski definition) is 4. The van der Waals surface area contributed by atoms with Gasteiger partial charge in [-0.25, -0.2) is 0 Å². The molecule has 1 amide bonds. The van der Waals surface area contributed by atoms with Crippen LogP contribution in [0.15, 0.2) is 0 Å². The van der Waals surface area contributed by atoms with E-state index in [1.54, 1.807) is 0 Å². The molecule has 4 N–H and O–H groups in total. The summed E-state index contributed by atoms with van der Waals surface area (Å²) in [6.07, 6.45) is 1.28. The third kappa shape index (κ3) is 7.19. The summed E-state index contributed by atoms with van der Waals surface area (Å²) in [6.45, 7) is 1.99. The lowest BCUT2D eigenvalue weighted by Crippen LogP contribution is -2.46. The van der Waals surface area contributed by atoms with Crippen molar-refractivity contribution in [2.45, 2.75) is 38.3 Å². The van der Waals surface area contributed by atoms with Crippen molar-refractivity contribution in [2.75, 3.05) is 13.7 Å². The van der Waals surface area contributed by atoms with Crippen LogP contribution >= 0.6 is 0 Å². The molecular formula is C10H20N2O4. The molecule has 0 spiro atoms. The lowest BCUT2D eigenvalue weighted by Gasteiger charge is -2.16. The Labute approximate surface area is 95.1 Å². The second kappa shape index (κ2) is 8.06. The van der Waals surface area contributed by atoms with Gasteiger partial charge in [-0.1, -0.05) is 0 Å². The Hall–Kier alpha value is -1.14. The van der Waals surface area contributed by atoms with Crippen LogP contribution in [0, 0.1) is 0 Å². The van der Waals surface area contributed by atoms with E-state index < -0.39 is 12.0 Å². The minimum absolute atomic E-state index is 0.0743. The second-order valence-corrected chi connectivity index (χ2v) is 3.76. The van der Waals surface area contributed by atoms with Gasteiger partial charge < -0.3 is 20.9 Å². The van der Waals surface area contributed by atoms with Crippen molar-refractivity contribution >= 4 is 11.9 Å². The van der Waals surface area contributed by atoms with Crippen LogP contribution in [0.2, 0.25) is 0 Å². The average molecular weight is 232 g/mol. The number of nitrogens with one attached hydrogen (secondary N) is 1. The van der Waals surface area contributed by atoms with E-state index in [4.69, 9.17) is 15.6 Å². The highest BCUT2D eigenvalue weighted by atomic mass is 16.5. The van der Waals surface area contributed by atoms with Gasteiger partial charge in [-0.2, -0.15) is 0 Å². The molecule has 0 aromatic rings. The van der Waals surface area contributed by atoms with Crippen LogP contribution in [0.1, 0.15) is 26.2 Å². The number of carbonyl (C=O) groups is 2. The molecule has 16 heavy (non-hydrogen) atoms. The van der Waals surface area contributed by atoms with Crippen LogP contribution in [0.3, 0.4) is 0 Å². The van der Waals surface area contributed by atoms with Crippen molar-refractivity contribution in [2.24, 2.45) is 5.73 Å². The van der Waals surface area contributed by atoms with E-state index in [2.05, 4.69) is 5.32 Å². The Bertz CT molecular complexity index is 233. The molecule has 6 heteroatoms. The van der Waals surface area contributed by atoms with E-state index in [1.807, 2.05) is 6.92 Å². The monoisotopic (exact) mass is 232 g/mol. The molecule has 0 rings (SSSR count). The number of hydrogen-bond donors (Lipinski definition) is 3. The largest absolute Gasteiger partial charge is 0.481 e. The SMILES string of the molecule is COCC(N)C(=O)NC(C)CCCC(=O)O. The average Bonchev–Trinajstić information content (AvgIpc) is 2.17. The van der Waals surface area contributed by atoms with Gasteiger partial charge in [0.25, 0.3) is 0 Å². The zero-order valence-corrected chi connectivity index (χ0v) is 9.73. The maximum absolute atomic E-state index is 11.4. The van der Waals surface area contributed by atoms with Crippen LogP contribution in [0.4, 0.5) is 0 Å². The predicted molar refractivity (Wildman–Crippen MR) is 58.9 cm³/mol. The van der Waals surface area contributed by atoms with Gasteiger partial charge >= 0.3 is 5.97 Å². The zero-order chi connectivity index (χ0) is 12.6. The molecule has 0 saturated carbocycles. The molecule has 0 aliphatic rings. The van der Waals surface area contributed by atoms with Crippen molar-refractivity contribution in [1.82, 2.24) is 5.32 Å². The first-order valence-electron chi connectivity index (χ1n) is 5.24. The van der Waals surface area contributed by atoms with Crippen LogP contribution in [-0.4, -0.2) is 42.8 Å². The summed E-state index contributed by atoms with van der Waals surface area (Å²) in [5.41, 5.74) is 5.52. The van der Waals surface area contributed by atoms with E-state index >= 15 is 0 Å². The maximum Gasteiger partial charge on any atom is 0.303 e. The first kappa shape index (κ1) is 14.9. The van der Waals surface area contributed by atoms with Crippen LogP contribution in [0.5, 0.6) is 0 Å². The molecule has 0 saturated heterocycles. The number of methoxy groups -OCH3 is 1. The molecular weight excluding hydrogens is 212 g/mol. The van der Waals surface area contributed by atoms with Crippen LogP contribution < -0.4 is 11.1 Å². The minimum Gasteiger partial charge on any atom is -0.481 e. The smallest absolute Gasteiger partial charge is 0.303 e. The molecule has 0 radical (unpaired) electrons. The van der Waals surface area contributed by atoms with E-state index in [9.17, 15) is 9.59 Å². The summed E-state index contributed by atoms with van der Waals surface area (Å²) >= 11 is 0. The van der Waals surface area contributed by atoms with Gasteiger partial charge in [0.05, 0.1) is 6.61 Å². The van der Waals surface area contributed by atoms with Crippen molar-refractivity contribution in [3.8, 4) is 0 Å². The number of rotatable bonds is 8. The molecule has 0 heterocycles. The summed E-state index contributed by atoms with van der Waals surface area (Å²) in [6, 6.07) is -0.748. The van der Waals surface area contributed by atoms with Gasteiger partial charge in [0.2, 0.25) is 5.91 Å². The molecule has 6 nitrogen and oxygen atoms in total. The number of aliphatic carboxylic acids is 1. The first-order chi connectivity index (χ1) is 7.47. The summed E-state index contributed by atoms with van der Waals surface area (Å²) in [5, 5.41) is 11.1. The minimum atomic E-state index is -0.824. The van der Waals surface area contributed by atoms with Crippen molar-refractivity contribution in [3.05, 3.63) is 0 Å². The topological polar surface area (TPSA) is 102 Å². The number of ether oxygens (including phenoxy) is 1. The van der Waals surface area contributed by atoms with Crippen LogP contribution in [0.25, 0.3) is 0 Å². The van der Waals surface area contributed by atoms with Gasteiger partial charge in [0, 0.05) is 19.6 Å². The predicted octanol–water partition coefficient (Wildman–Crippen LogP) is -0.280. The highest BCUT2D eigenvalue weighted by molar-refractivity contribution is 5.81. The van der Waals surface area contributed by atoms with Crippen molar-refractivity contribution in [3.63, 3.8) is 0 Å². The second-order valence-electron chi connectivity index (χ2n) is 3.76. The molecule has 0 aromatic carbocycles. The van der Waals surface area contributed by atoms with E-state index in [1.165, 1.54) is 7.11 Å². The van der Waals surface area contributed by atoms with Gasteiger partial charge in [-0.15, -0.1) is 0 Å². The van der Waals surface area contributed by atoms with Gasteiger partial charge in [0.15, 0.2) is 0 Å². The number of carboxylic acid groups (broad SMARTS) is 1. The molecule has 0 aromatic heterocycles. The summed E-state index contributed by atoms with van der Waals surface area (Å²) in [5.74, 6) is -1.10. The number of amides is 1. The fraction of sp³-hybridized carbons (Fsp3) is 0.800. The highest BCUT2D eigenvalue weighted by Gasteiger charge is 2.15. The quantitative estimate of drug-likeness (QED) is 0.534. The van der Waals surface area contributed by atoms with Crippen LogP contribution in [-0.2, 0) is 14.3 Å². The van der Waals surface area contributed by atoms with E-state index in [-0.39, 0.29) is 25.0 Å². The third-order valence-corrected chi connectivity index (χ3v) is 2.10. The van der Waals surface area contributed by atoms with Crippen molar-refractivity contribution in [1.29, 1.82) is 0 Å². The van der Waals surface area contributed by atoms with E-state index in [0.29, 0.717) is 12.8 Å². The number of carbonyl (C=O) groups excluding carboxylic acids is 1. The highest BCUT2D eigenvalue weighted by Crippen LogP contribution is 2.00. The lowest BCUT2D eigenvalue weighted by atomic mass is 10.1. The maximum atomic E-state index is 11.4. The standard InChI is InChI=1S/C10H20N2O4/c1-7(4-3-5-9(13)14)12-10(15)8(11)6-16-2/h7-8H,3-6,11H2,1-2H3,(H,12,15)(H,13,14). The Morgan fingerprint density at radius 1 is 1.50 bits per heavy atom. The number of carboxylic acids is 1. The van der Waals surface area contributed by atoms with Gasteiger partial charge in [-0.05, 0) is 19.8 Å². The summed E-state index contributed by atoms with van der Waals surface area (Å²) in [7, 11) is 1.48. The Morgan fingerprint density at radius 3 is 2.62 bits per heavy atom. The van der Waals surface area contributed by atoms with Gasteiger partial charge in [0.1, 0.15) is 6.04 Å².